The summed E-state index contributed by atoms with van der Waals surface area (Å²) < 4.78 is 2.16. The first-order valence-electron chi connectivity index (χ1n) is 6.95. The average molecular weight is 235 g/mol. The molecule has 2 rings (SSSR count). The van der Waals surface area contributed by atoms with Crippen molar-refractivity contribution in [1.29, 1.82) is 0 Å². The molecule has 3 atom stereocenters. The summed E-state index contributed by atoms with van der Waals surface area (Å²) in [5, 5.41) is 4.49. The van der Waals surface area contributed by atoms with Gasteiger partial charge in [-0.1, -0.05) is 19.8 Å². The molecule has 17 heavy (non-hydrogen) atoms. The molecule has 1 heterocycles. The van der Waals surface area contributed by atoms with E-state index in [1.54, 1.807) is 0 Å². The summed E-state index contributed by atoms with van der Waals surface area (Å²) in [5.74, 6) is 1.49. The molecule has 1 fully saturated rings. The van der Waals surface area contributed by atoms with Crippen LogP contribution in [-0.4, -0.2) is 16.3 Å². The number of nitrogens with zero attached hydrogens (tertiary/aromatic N) is 2. The quantitative estimate of drug-likeness (QED) is 0.872. The topological polar surface area (TPSA) is 43.8 Å². The van der Waals surface area contributed by atoms with Gasteiger partial charge in [0.25, 0.3) is 0 Å². The molecule has 0 spiro atoms. The second-order valence-corrected chi connectivity index (χ2v) is 5.53. The van der Waals surface area contributed by atoms with Crippen molar-refractivity contribution < 1.29 is 0 Å². The largest absolute Gasteiger partial charge is 0.330 e. The van der Waals surface area contributed by atoms with E-state index < -0.39 is 0 Å². The van der Waals surface area contributed by atoms with Crippen molar-refractivity contribution in [1.82, 2.24) is 9.78 Å². The van der Waals surface area contributed by atoms with Crippen LogP contribution in [0, 0.1) is 18.8 Å². The molecule has 0 aromatic carbocycles. The predicted molar refractivity (Wildman–Crippen MR) is 70.8 cm³/mol. The highest BCUT2D eigenvalue weighted by molar-refractivity contribution is 5.01. The van der Waals surface area contributed by atoms with Crippen LogP contribution in [0.5, 0.6) is 0 Å². The Bertz CT molecular complexity index is 345. The Labute approximate surface area is 104 Å². The summed E-state index contributed by atoms with van der Waals surface area (Å²) in [6.07, 6.45) is 10.7. The number of rotatable bonds is 4. The highest BCUT2D eigenvalue weighted by Gasteiger charge is 2.30. The smallest absolute Gasteiger partial charge is 0.0562 e. The van der Waals surface area contributed by atoms with Crippen LogP contribution in [0.15, 0.2) is 12.4 Å². The first-order valence-corrected chi connectivity index (χ1v) is 6.95. The zero-order valence-electron chi connectivity index (χ0n) is 11.1. The van der Waals surface area contributed by atoms with E-state index in [1.807, 2.05) is 6.20 Å². The average Bonchev–Trinajstić information content (AvgIpc) is 2.76. The summed E-state index contributed by atoms with van der Waals surface area (Å²) in [4.78, 5) is 0. The summed E-state index contributed by atoms with van der Waals surface area (Å²) in [6.45, 7) is 5.18. The highest BCUT2D eigenvalue weighted by atomic mass is 15.3. The molecular weight excluding hydrogens is 210 g/mol. The lowest BCUT2D eigenvalue weighted by atomic mass is 9.76. The summed E-state index contributed by atoms with van der Waals surface area (Å²) >= 11 is 0. The second-order valence-electron chi connectivity index (χ2n) is 5.53. The Balaban J connectivity index is 2.09. The van der Waals surface area contributed by atoms with Crippen molar-refractivity contribution in [3.8, 4) is 0 Å². The molecule has 1 aromatic heterocycles. The molecule has 0 radical (unpaired) electrons. The van der Waals surface area contributed by atoms with Gasteiger partial charge in [0.2, 0.25) is 0 Å². The second kappa shape index (κ2) is 5.67. The molecule has 0 bridgehead atoms. The lowest BCUT2D eigenvalue weighted by Crippen LogP contribution is -2.32. The Morgan fingerprint density at radius 1 is 1.47 bits per heavy atom. The molecule has 0 saturated heterocycles. The summed E-state index contributed by atoms with van der Waals surface area (Å²) in [5.41, 5.74) is 7.16. The minimum absolute atomic E-state index is 0.527. The van der Waals surface area contributed by atoms with Crippen LogP contribution in [0.3, 0.4) is 0 Å². The van der Waals surface area contributed by atoms with Gasteiger partial charge in [-0.25, -0.2) is 0 Å². The molecule has 1 aliphatic carbocycles. The van der Waals surface area contributed by atoms with Gasteiger partial charge in [0.1, 0.15) is 0 Å². The zero-order chi connectivity index (χ0) is 12.3. The lowest BCUT2D eigenvalue weighted by molar-refractivity contribution is 0.169. The van der Waals surface area contributed by atoms with Gasteiger partial charge in [0, 0.05) is 6.20 Å². The number of hydrogen-bond acceptors (Lipinski definition) is 2. The van der Waals surface area contributed by atoms with E-state index in [0.29, 0.717) is 12.0 Å². The molecule has 1 saturated carbocycles. The van der Waals surface area contributed by atoms with Gasteiger partial charge in [0.05, 0.1) is 12.2 Å². The van der Waals surface area contributed by atoms with Gasteiger partial charge >= 0.3 is 0 Å². The van der Waals surface area contributed by atoms with Gasteiger partial charge in [-0.05, 0) is 50.1 Å². The fourth-order valence-corrected chi connectivity index (χ4v) is 3.18. The first-order chi connectivity index (χ1) is 8.24. The third-order valence-electron chi connectivity index (χ3n) is 4.13. The van der Waals surface area contributed by atoms with Gasteiger partial charge in [-0.2, -0.15) is 5.10 Å². The minimum Gasteiger partial charge on any atom is -0.330 e. The van der Waals surface area contributed by atoms with Gasteiger partial charge in [0.15, 0.2) is 0 Å². The summed E-state index contributed by atoms with van der Waals surface area (Å²) in [7, 11) is 0. The van der Waals surface area contributed by atoms with E-state index in [1.165, 1.54) is 37.7 Å². The number of aromatic nitrogens is 2. The Morgan fingerprint density at radius 3 is 2.88 bits per heavy atom. The maximum absolute atomic E-state index is 5.92. The van der Waals surface area contributed by atoms with Crippen molar-refractivity contribution in [2.75, 3.05) is 6.54 Å². The first kappa shape index (κ1) is 12.6. The normalized spacial score (nSPS) is 29.5. The Morgan fingerprint density at radius 2 is 2.29 bits per heavy atom. The van der Waals surface area contributed by atoms with Crippen LogP contribution >= 0.6 is 0 Å². The van der Waals surface area contributed by atoms with Gasteiger partial charge < -0.3 is 5.73 Å². The van der Waals surface area contributed by atoms with E-state index in [2.05, 4.69) is 29.8 Å². The molecule has 3 unspecified atom stereocenters. The van der Waals surface area contributed by atoms with Gasteiger partial charge in [-0.3, -0.25) is 4.68 Å². The molecular formula is C14H25N3. The van der Waals surface area contributed by atoms with Crippen LogP contribution in [0.1, 0.15) is 50.6 Å². The fraction of sp³-hybridized carbons (Fsp3) is 0.786. The number of aryl methyl sites for hydroxylation is 1. The standard InChI is InChI=1S/C14H25N3/c1-3-4-12-5-6-13(8-15)14(7-12)17-10-11(2)9-16-17/h9-10,12-14H,3-8,15H2,1-2H3. The van der Waals surface area contributed by atoms with Crippen LogP contribution in [0.4, 0.5) is 0 Å². The molecule has 96 valence electrons. The maximum atomic E-state index is 5.92. The van der Waals surface area contributed by atoms with E-state index in [9.17, 15) is 0 Å². The van der Waals surface area contributed by atoms with E-state index in [0.717, 1.165) is 12.5 Å². The predicted octanol–water partition coefficient (Wildman–Crippen LogP) is 2.91. The van der Waals surface area contributed by atoms with Crippen molar-refractivity contribution in [2.24, 2.45) is 17.6 Å². The molecule has 1 aliphatic rings. The maximum Gasteiger partial charge on any atom is 0.0562 e. The van der Waals surface area contributed by atoms with Crippen LogP contribution in [0.25, 0.3) is 0 Å². The molecule has 2 N–H and O–H groups in total. The minimum atomic E-state index is 0.527. The fourth-order valence-electron chi connectivity index (χ4n) is 3.18. The van der Waals surface area contributed by atoms with Crippen molar-refractivity contribution in [2.45, 2.75) is 52.0 Å². The van der Waals surface area contributed by atoms with Crippen molar-refractivity contribution in [3.05, 3.63) is 18.0 Å². The van der Waals surface area contributed by atoms with E-state index in [4.69, 9.17) is 5.73 Å². The van der Waals surface area contributed by atoms with Gasteiger partial charge in [-0.15, -0.1) is 0 Å². The lowest BCUT2D eigenvalue weighted by Gasteiger charge is -2.35. The van der Waals surface area contributed by atoms with Crippen LogP contribution in [-0.2, 0) is 0 Å². The van der Waals surface area contributed by atoms with Crippen molar-refractivity contribution in [3.63, 3.8) is 0 Å². The SMILES string of the molecule is CCCC1CCC(CN)C(n2cc(C)cn2)C1. The molecule has 3 heteroatoms. The van der Waals surface area contributed by atoms with Crippen molar-refractivity contribution >= 4 is 0 Å². The van der Waals surface area contributed by atoms with Crippen LogP contribution < -0.4 is 5.73 Å². The van der Waals surface area contributed by atoms with E-state index in [-0.39, 0.29) is 0 Å². The van der Waals surface area contributed by atoms with Crippen LogP contribution in [0.2, 0.25) is 0 Å². The molecule has 3 nitrogen and oxygen atoms in total. The number of nitrogens with two attached hydrogens (primary N) is 1. The Kier molecular flexibility index (Phi) is 4.21. The zero-order valence-corrected chi connectivity index (χ0v) is 11.1. The Hall–Kier alpha value is -0.830. The molecule has 1 aromatic rings. The third kappa shape index (κ3) is 2.89. The molecule has 0 amide bonds. The third-order valence-corrected chi connectivity index (χ3v) is 4.13. The molecule has 0 aliphatic heterocycles. The number of hydrogen-bond donors (Lipinski definition) is 1. The monoisotopic (exact) mass is 235 g/mol. The highest BCUT2D eigenvalue weighted by Crippen LogP contribution is 2.38. The summed E-state index contributed by atoms with van der Waals surface area (Å²) in [6, 6.07) is 0.527. The van der Waals surface area contributed by atoms with E-state index >= 15 is 0 Å².